The first-order valence-corrected chi connectivity index (χ1v) is 10.2. The number of rotatable bonds is 7. The standard InChI is InChI=1S/C21H34N4O/c1-3-21(10-7-11-21)17-24-20(22-4-2)23-16-18-8-5-6-9-19(18)25-12-14-26-15-13-25/h5-6,8-9H,3-4,7,10-17H2,1-2H3,(H2,22,23,24). The van der Waals surface area contributed by atoms with Gasteiger partial charge in [0.05, 0.1) is 19.8 Å². The zero-order chi connectivity index (χ0) is 18.2. The number of nitrogens with one attached hydrogen (secondary N) is 2. The number of para-hydroxylation sites is 1. The smallest absolute Gasteiger partial charge is 0.191 e. The number of anilines is 1. The molecule has 1 aromatic rings. The lowest BCUT2D eigenvalue weighted by Gasteiger charge is -2.41. The van der Waals surface area contributed by atoms with Gasteiger partial charge in [-0.3, -0.25) is 0 Å². The first-order valence-electron chi connectivity index (χ1n) is 10.2. The summed E-state index contributed by atoms with van der Waals surface area (Å²) in [6.07, 6.45) is 5.31. The minimum absolute atomic E-state index is 0.488. The van der Waals surface area contributed by atoms with Gasteiger partial charge in [0.1, 0.15) is 0 Å². The van der Waals surface area contributed by atoms with Gasteiger partial charge in [-0.05, 0) is 43.2 Å². The molecule has 2 aliphatic rings. The molecule has 0 radical (unpaired) electrons. The van der Waals surface area contributed by atoms with Gasteiger partial charge < -0.3 is 20.3 Å². The predicted octanol–water partition coefficient (Wildman–Crippen LogP) is 3.16. The number of morpholine rings is 1. The molecule has 1 heterocycles. The van der Waals surface area contributed by atoms with Gasteiger partial charge in [0.25, 0.3) is 0 Å². The summed E-state index contributed by atoms with van der Waals surface area (Å²) in [5.74, 6) is 0.934. The van der Waals surface area contributed by atoms with E-state index in [-0.39, 0.29) is 0 Å². The second kappa shape index (κ2) is 9.26. The molecule has 2 N–H and O–H groups in total. The highest BCUT2D eigenvalue weighted by molar-refractivity contribution is 5.80. The highest BCUT2D eigenvalue weighted by atomic mass is 16.5. The molecule has 1 saturated carbocycles. The number of guanidine groups is 1. The molecule has 1 saturated heterocycles. The number of benzene rings is 1. The molecule has 0 unspecified atom stereocenters. The molecular formula is C21H34N4O. The third-order valence-electron chi connectivity index (χ3n) is 5.89. The van der Waals surface area contributed by atoms with Crippen LogP contribution in [0.3, 0.4) is 0 Å². The number of hydrogen-bond donors (Lipinski definition) is 2. The van der Waals surface area contributed by atoms with Crippen molar-refractivity contribution in [3.05, 3.63) is 29.8 Å². The molecule has 0 amide bonds. The molecule has 1 aliphatic heterocycles. The molecule has 0 bridgehead atoms. The van der Waals surface area contributed by atoms with Crippen molar-refractivity contribution in [3.63, 3.8) is 0 Å². The summed E-state index contributed by atoms with van der Waals surface area (Å²) < 4.78 is 5.49. The summed E-state index contributed by atoms with van der Waals surface area (Å²) in [6.45, 7) is 10.6. The van der Waals surface area contributed by atoms with E-state index in [9.17, 15) is 0 Å². The van der Waals surface area contributed by atoms with Crippen LogP contribution in [0.25, 0.3) is 0 Å². The van der Waals surface area contributed by atoms with Gasteiger partial charge in [0, 0.05) is 31.9 Å². The first kappa shape index (κ1) is 19.0. The van der Waals surface area contributed by atoms with Crippen LogP contribution in [0, 0.1) is 5.41 Å². The third kappa shape index (κ3) is 4.70. The molecule has 5 nitrogen and oxygen atoms in total. The van der Waals surface area contributed by atoms with Crippen molar-refractivity contribution in [1.29, 1.82) is 0 Å². The van der Waals surface area contributed by atoms with Gasteiger partial charge in [0.2, 0.25) is 0 Å². The Balaban J connectivity index is 1.65. The summed E-state index contributed by atoms with van der Waals surface area (Å²) >= 11 is 0. The highest BCUT2D eigenvalue weighted by Crippen LogP contribution is 2.43. The highest BCUT2D eigenvalue weighted by Gasteiger charge is 2.34. The topological polar surface area (TPSA) is 48.9 Å². The van der Waals surface area contributed by atoms with Crippen LogP contribution in [-0.4, -0.2) is 45.4 Å². The van der Waals surface area contributed by atoms with E-state index in [4.69, 9.17) is 9.73 Å². The Morgan fingerprint density at radius 2 is 1.92 bits per heavy atom. The van der Waals surface area contributed by atoms with Gasteiger partial charge in [0.15, 0.2) is 5.96 Å². The van der Waals surface area contributed by atoms with Crippen molar-refractivity contribution in [2.45, 2.75) is 46.1 Å². The molecule has 144 valence electrons. The lowest BCUT2D eigenvalue weighted by Crippen LogP contribution is -2.46. The first-order chi connectivity index (χ1) is 12.8. The maximum Gasteiger partial charge on any atom is 0.191 e. The van der Waals surface area contributed by atoms with Gasteiger partial charge in [-0.1, -0.05) is 31.5 Å². The minimum Gasteiger partial charge on any atom is -0.378 e. The minimum atomic E-state index is 0.488. The zero-order valence-corrected chi connectivity index (χ0v) is 16.4. The van der Waals surface area contributed by atoms with Crippen molar-refractivity contribution < 1.29 is 4.74 Å². The molecule has 1 aliphatic carbocycles. The van der Waals surface area contributed by atoms with Gasteiger partial charge in [-0.2, -0.15) is 0 Å². The maximum absolute atomic E-state index is 5.49. The second-order valence-corrected chi connectivity index (χ2v) is 7.48. The number of hydrogen-bond acceptors (Lipinski definition) is 3. The third-order valence-corrected chi connectivity index (χ3v) is 5.89. The Morgan fingerprint density at radius 1 is 1.15 bits per heavy atom. The van der Waals surface area contributed by atoms with E-state index in [1.54, 1.807) is 0 Å². The summed E-state index contributed by atoms with van der Waals surface area (Å²) in [6, 6.07) is 8.62. The van der Waals surface area contributed by atoms with Crippen LogP contribution in [0.4, 0.5) is 5.69 Å². The van der Waals surface area contributed by atoms with E-state index in [0.717, 1.165) is 45.4 Å². The summed E-state index contributed by atoms with van der Waals surface area (Å²) in [7, 11) is 0. The maximum atomic E-state index is 5.49. The molecule has 0 atom stereocenters. The quantitative estimate of drug-likeness (QED) is 0.581. The van der Waals surface area contributed by atoms with E-state index in [2.05, 4.69) is 53.6 Å². The molecule has 26 heavy (non-hydrogen) atoms. The Kier molecular flexibility index (Phi) is 6.78. The fourth-order valence-electron chi connectivity index (χ4n) is 3.87. The average molecular weight is 359 g/mol. The van der Waals surface area contributed by atoms with Crippen molar-refractivity contribution in [2.75, 3.05) is 44.3 Å². The largest absolute Gasteiger partial charge is 0.378 e. The fourth-order valence-corrected chi connectivity index (χ4v) is 3.87. The Bertz CT molecular complexity index is 586. The van der Waals surface area contributed by atoms with Gasteiger partial charge in [-0.25, -0.2) is 4.99 Å². The van der Waals surface area contributed by atoms with E-state index in [1.165, 1.54) is 36.9 Å². The average Bonchev–Trinajstić information content (AvgIpc) is 2.66. The second-order valence-electron chi connectivity index (χ2n) is 7.48. The molecule has 5 heteroatoms. The van der Waals surface area contributed by atoms with Gasteiger partial charge in [-0.15, -0.1) is 0 Å². The van der Waals surface area contributed by atoms with Crippen LogP contribution in [0.5, 0.6) is 0 Å². The summed E-state index contributed by atoms with van der Waals surface area (Å²) in [4.78, 5) is 7.28. The molecule has 2 fully saturated rings. The molecule has 0 aromatic heterocycles. The monoisotopic (exact) mass is 358 g/mol. The predicted molar refractivity (Wildman–Crippen MR) is 109 cm³/mol. The number of aliphatic imine (C=N–C) groups is 1. The van der Waals surface area contributed by atoms with E-state index in [0.29, 0.717) is 12.0 Å². The summed E-state index contributed by atoms with van der Waals surface area (Å²) in [5.41, 5.74) is 3.06. The number of ether oxygens (including phenoxy) is 1. The Morgan fingerprint density at radius 3 is 2.58 bits per heavy atom. The van der Waals surface area contributed by atoms with Crippen molar-refractivity contribution in [1.82, 2.24) is 10.6 Å². The van der Waals surface area contributed by atoms with Crippen LogP contribution in [0.15, 0.2) is 29.3 Å². The van der Waals surface area contributed by atoms with E-state index < -0.39 is 0 Å². The van der Waals surface area contributed by atoms with Crippen molar-refractivity contribution >= 4 is 11.6 Å². The van der Waals surface area contributed by atoms with E-state index in [1.807, 2.05) is 0 Å². The Labute approximate surface area is 158 Å². The van der Waals surface area contributed by atoms with Crippen molar-refractivity contribution in [2.24, 2.45) is 10.4 Å². The van der Waals surface area contributed by atoms with E-state index >= 15 is 0 Å². The number of nitrogens with zero attached hydrogens (tertiary/aromatic N) is 2. The molecule has 0 spiro atoms. The summed E-state index contributed by atoms with van der Waals surface area (Å²) in [5, 5.41) is 6.99. The van der Waals surface area contributed by atoms with Crippen LogP contribution in [-0.2, 0) is 11.3 Å². The molecule has 1 aromatic carbocycles. The van der Waals surface area contributed by atoms with Crippen LogP contribution >= 0.6 is 0 Å². The zero-order valence-electron chi connectivity index (χ0n) is 16.4. The lowest BCUT2D eigenvalue weighted by atomic mass is 9.67. The normalized spacial score (nSPS) is 19.8. The van der Waals surface area contributed by atoms with Crippen LogP contribution in [0.1, 0.15) is 45.1 Å². The lowest BCUT2D eigenvalue weighted by molar-refractivity contribution is 0.122. The van der Waals surface area contributed by atoms with Crippen LogP contribution < -0.4 is 15.5 Å². The Hall–Kier alpha value is -1.75. The SMILES string of the molecule is CCNC(=NCc1ccccc1N1CCOCC1)NCC1(CC)CCC1. The fraction of sp³-hybridized carbons (Fsp3) is 0.667. The van der Waals surface area contributed by atoms with Crippen molar-refractivity contribution in [3.8, 4) is 0 Å². The van der Waals surface area contributed by atoms with Crippen LogP contribution in [0.2, 0.25) is 0 Å². The molecule has 3 rings (SSSR count). The van der Waals surface area contributed by atoms with Gasteiger partial charge >= 0.3 is 0 Å². The molecular weight excluding hydrogens is 324 g/mol.